The topological polar surface area (TPSA) is 128 Å². The second-order valence-electron chi connectivity index (χ2n) is 8.06. The highest BCUT2D eigenvalue weighted by atomic mass is 16.4. The van der Waals surface area contributed by atoms with E-state index in [9.17, 15) is 9.59 Å². The number of aromatic nitrogens is 2. The van der Waals surface area contributed by atoms with Crippen LogP contribution in [0.4, 0.5) is 10.5 Å². The lowest BCUT2D eigenvalue weighted by Crippen LogP contribution is -2.49. The van der Waals surface area contributed by atoms with Gasteiger partial charge >= 0.3 is 12.0 Å². The first-order valence-electron chi connectivity index (χ1n) is 10.8. The monoisotopic (exact) mass is 441 g/mol. The number of nitrogens with zero attached hydrogens (tertiary/aromatic N) is 3. The maximum Gasteiger partial charge on any atom is 0.335 e. The van der Waals surface area contributed by atoms with Crippen LogP contribution in [0.15, 0.2) is 60.8 Å². The van der Waals surface area contributed by atoms with Crippen LogP contribution in [0, 0.1) is 11.3 Å². The van der Waals surface area contributed by atoms with Gasteiger partial charge in [-0.1, -0.05) is 43.5 Å². The number of aromatic carboxylic acids is 1. The molecular formula is C25H23N5O3. The molecule has 0 spiro atoms. The minimum Gasteiger partial charge on any atom is -0.478 e. The number of hydrogen-bond donors (Lipinski definition) is 3. The standard InChI is InChI=1S/C25H23N5O3/c26-16-22-27-15-12-21(29-22)25(13-2-1-3-14-25)30-24(33)28-20-10-8-18(9-11-20)17-4-6-19(7-5-17)23(31)32/h4-12,15H,1-3,13-14H2,(H,31,32)(H2,28,30,33). The van der Waals surface area contributed by atoms with Gasteiger partial charge in [0.1, 0.15) is 6.07 Å². The van der Waals surface area contributed by atoms with E-state index < -0.39 is 11.5 Å². The molecule has 1 fully saturated rings. The Kier molecular flexibility index (Phi) is 6.31. The first-order valence-corrected chi connectivity index (χ1v) is 10.8. The zero-order valence-corrected chi connectivity index (χ0v) is 17.9. The largest absolute Gasteiger partial charge is 0.478 e. The molecular weight excluding hydrogens is 418 g/mol. The Morgan fingerprint density at radius 3 is 2.18 bits per heavy atom. The molecule has 0 atom stereocenters. The average Bonchev–Trinajstić information content (AvgIpc) is 2.85. The number of rotatable bonds is 5. The number of carboxylic acids is 1. The summed E-state index contributed by atoms with van der Waals surface area (Å²) in [6, 6.07) is 17.3. The zero-order valence-electron chi connectivity index (χ0n) is 17.9. The van der Waals surface area contributed by atoms with Gasteiger partial charge in [0.2, 0.25) is 5.82 Å². The van der Waals surface area contributed by atoms with Gasteiger partial charge < -0.3 is 15.7 Å². The third-order valence-corrected chi connectivity index (χ3v) is 5.91. The Bertz CT molecular complexity index is 1190. The van der Waals surface area contributed by atoms with Gasteiger partial charge in [0.25, 0.3) is 0 Å². The normalized spacial score (nSPS) is 14.6. The molecule has 8 nitrogen and oxygen atoms in total. The summed E-state index contributed by atoms with van der Waals surface area (Å²) < 4.78 is 0. The Labute approximate surface area is 191 Å². The van der Waals surface area contributed by atoms with Gasteiger partial charge in [-0.15, -0.1) is 0 Å². The third kappa shape index (κ3) is 4.99. The first-order chi connectivity index (χ1) is 16.0. The van der Waals surface area contributed by atoms with Crippen LogP contribution >= 0.6 is 0 Å². The summed E-state index contributed by atoms with van der Waals surface area (Å²) in [6.07, 6.45) is 6.05. The molecule has 2 amide bonds. The number of anilines is 1. The van der Waals surface area contributed by atoms with Crippen molar-refractivity contribution in [2.75, 3.05) is 5.32 Å². The van der Waals surface area contributed by atoms with E-state index in [2.05, 4.69) is 20.6 Å². The maximum absolute atomic E-state index is 12.9. The molecule has 8 heteroatoms. The van der Waals surface area contributed by atoms with E-state index in [1.807, 2.05) is 18.2 Å². The van der Waals surface area contributed by atoms with Crippen molar-refractivity contribution in [2.45, 2.75) is 37.6 Å². The summed E-state index contributed by atoms with van der Waals surface area (Å²) in [5.74, 6) is -0.875. The van der Waals surface area contributed by atoms with Crippen LogP contribution in [-0.2, 0) is 5.54 Å². The number of nitrogens with one attached hydrogen (secondary N) is 2. The van der Waals surface area contributed by atoms with Gasteiger partial charge in [-0.05, 0) is 54.3 Å². The highest BCUT2D eigenvalue weighted by Crippen LogP contribution is 2.36. The van der Waals surface area contributed by atoms with E-state index >= 15 is 0 Å². The number of carbonyl (C=O) groups is 2. The number of hydrogen-bond acceptors (Lipinski definition) is 5. The summed E-state index contributed by atoms with van der Waals surface area (Å²) in [6.45, 7) is 0. The van der Waals surface area contributed by atoms with Crippen molar-refractivity contribution in [1.29, 1.82) is 5.26 Å². The minimum atomic E-state index is -0.964. The molecule has 2 aromatic carbocycles. The fraction of sp³-hybridized carbons (Fsp3) is 0.240. The number of benzene rings is 2. The molecule has 0 radical (unpaired) electrons. The van der Waals surface area contributed by atoms with Crippen molar-refractivity contribution in [1.82, 2.24) is 15.3 Å². The van der Waals surface area contributed by atoms with Crippen LogP contribution in [0.2, 0.25) is 0 Å². The molecule has 1 aromatic heterocycles. The number of carboxylic acid groups (broad SMARTS) is 1. The van der Waals surface area contributed by atoms with Crippen molar-refractivity contribution in [3.63, 3.8) is 0 Å². The number of nitriles is 1. The molecule has 1 heterocycles. The van der Waals surface area contributed by atoms with Crippen LogP contribution in [0.1, 0.15) is 54.0 Å². The average molecular weight is 441 g/mol. The number of amides is 2. The van der Waals surface area contributed by atoms with Crippen LogP contribution in [0.5, 0.6) is 0 Å². The summed E-state index contributed by atoms with van der Waals surface area (Å²) >= 11 is 0. The van der Waals surface area contributed by atoms with Crippen LogP contribution < -0.4 is 10.6 Å². The first kappa shape index (κ1) is 22.0. The fourth-order valence-corrected chi connectivity index (χ4v) is 4.21. The van der Waals surface area contributed by atoms with Gasteiger partial charge in [0, 0.05) is 11.9 Å². The Morgan fingerprint density at radius 2 is 1.58 bits per heavy atom. The van der Waals surface area contributed by atoms with E-state index in [0.29, 0.717) is 11.4 Å². The lowest BCUT2D eigenvalue weighted by molar-refractivity contribution is 0.0697. The van der Waals surface area contributed by atoms with Crippen molar-refractivity contribution in [3.05, 3.63) is 77.9 Å². The summed E-state index contributed by atoms with van der Waals surface area (Å²) in [4.78, 5) is 32.2. The molecule has 0 unspecified atom stereocenters. The quantitative estimate of drug-likeness (QED) is 0.527. The van der Waals surface area contributed by atoms with Crippen molar-refractivity contribution >= 4 is 17.7 Å². The Morgan fingerprint density at radius 1 is 0.939 bits per heavy atom. The predicted octanol–water partition coefficient (Wildman–Crippen LogP) is 4.69. The van der Waals surface area contributed by atoms with E-state index in [1.54, 1.807) is 48.7 Å². The summed E-state index contributed by atoms with van der Waals surface area (Å²) in [5.41, 5.74) is 2.67. The van der Waals surface area contributed by atoms with Gasteiger partial charge in [0.05, 0.1) is 16.8 Å². The number of urea groups is 1. The second kappa shape index (κ2) is 9.49. The smallest absolute Gasteiger partial charge is 0.335 e. The lowest BCUT2D eigenvalue weighted by atomic mass is 9.79. The Balaban J connectivity index is 1.47. The Hall–Kier alpha value is -4.25. The third-order valence-electron chi connectivity index (χ3n) is 5.91. The van der Waals surface area contributed by atoms with Crippen LogP contribution in [-0.4, -0.2) is 27.1 Å². The van der Waals surface area contributed by atoms with E-state index in [-0.39, 0.29) is 17.4 Å². The second-order valence-corrected chi connectivity index (χ2v) is 8.06. The fourth-order valence-electron chi connectivity index (χ4n) is 4.21. The molecule has 3 N–H and O–H groups in total. The predicted molar refractivity (Wildman–Crippen MR) is 123 cm³/mol. The van der Waals surface area contributed by atoms with E-state index in [0.717, 1.165) is 43.2 Å². The van der Waals surface area contributed by atoms with Crippen LogP contribution in [0.25, 0.3) is 11.1 Å². The molecule has 0 bridgehead atoms. The molecule has 0 aliphatic heterocycles. The molecule has 1 aliphatic carbocycles. The SMILES string of the molecule is N#Cc1nccc(C2(NC(=O)Nc3ccc(-c4ccc(C(=O)O)cc4)cc3)CCCCC2)n1. The summed E-state index contributed by atoms with van der Waals surface area (Å²) in [7, 11) is 0. The van der Waals surface area contributed by atoms with Gasteiger partial charge in [-0.2, -0.15) is 5.26 Å². The summed E-state index contributed by atoms with van der Waals surface area (Å²) in [5, 5.41) is 24.2. The van der Waals surface area contributed by atoms with E-state index in [1.165, 1.54) is 0 Å². The molecule has 166 valence electrons. The van der Waals surface area contributed by atoms with Crippen molar-refractivity contribution < 1.29 is 14.7 Å². The number of carbonyl (C=O) groups excluding carboxylic acids is 1. The molecule has 3 aromatic rings. The maximum atomic E-state index is 12.9. The van der Waals surface area contributed by atoms with Crippen molar-refractivity contribution in [2.24, 2.45) is 0 Å². The molecule has 1 aliphatic rings. The van der Waals surface area contributed by atoms with E-state index in [4.69, 9.17) is 10.4 Å². The lowest BCUT2D eigenvalue weighted by Gasteiger charge is -2.37. The van der Waals surface area contributed by atoms with Gasteiger partial charge in [-0.3, -0.25) is 0 Å². The molecule has 33 heavy (non-hydrogen) atoms. The van der Waals surface area contributed by atoms with Gasteiger partial charge in [0.15, 0.2) is 0 Å². The molecule has 1 saturated carbocycles. The minimum absolute atomic E-state index is 0.0895. The van der Waals surface area contributed by atoms with Gasteiger partial charge in [-0.25, -0.2) is 19.6 Å². The molecule has 4 rings (SSSR count). The highest BCUT2D eigenvalue weighted by molar-refractivity contribution is 5.90. The van der Waals surface area contributed by atoms with Crippen LogP contribution in [0.3, 0.4) is 0 Å². The zero-order chi connectivity index (χ0) is 23.3. The van der Waals surface area contributed by atoms with Crippen molar-refractivity contribution in [3.8, 4) is 17.2 Å². The molecule has 0 saturated heterocycles. The highest BCUT2D eigenvalue weighted by Gasteiger charge is 2.37.